The summed E-state index contributed by atoms with van der Waals surface area (Å²) in [7, 11) is 0. The monoisotopic (exact) mass is 347 g/mol. The van der Waals surface area contributed by atoms with Crippen LogP contribution in [0, 0.1) is 0 Å². The van der Waals surface area contributed by atoms with Crippen LogP contribution in [0.4, 0.5) is 0 Å². The van der Waals surface area contributed by atoms with Crippen molar-refractivity contribution >= 4 is 17.5 Å². The molecule has 1 fully saturated rings. The van der Waals surface area contributed by atoms with E-state index >= 15 is 0 Å². The highest BCUT2D eigenvalue weighted by Crippen LogP contribution is 2.30. The first-order valence-electron chi connectivity index (χ1n) is 8.18. The van der Waals surface area contributed by atoms with Crippen LogP contribution in [0.15, 0.2) is 24.3 Å². The average Bonchev–Trinajstić information content (AvgIpc) is 2.91. The molecule has 24 heavy (non-hydrogen) atoms. The SMILES string of the molecule is O=C(C1CCCCn2nnnc21)N1CC(Oc2ccccc2Cl)C1. The number of amides is 1. The second kappa shape index (κ2) is 6.39. The van der Waals surface area contributed by atoms with Gasteiger partial charge in [0.25, 0.3) is 0 Å². The normalized spacial score (nSPS) is 20.9. The smallest absolute Gasteiger partial charge is 0.233 e. The summed E-state index contributed by atoms with van der Waals surface area (Å²) >= 11 is 6.10. The van der Waals surface area contributed by atoms with E-state index in [-0.39, 0.29) is 17.9 Å². The highest BCUT2D eigenvalue weighted by atomic mass is 35.5. The van der Waals surface area contributed by atoms with Crippen molar-refractivity contribution in [3.05, 3.63) is 35.1 Å². The van der Waals surface area contributed by atoms with Crippen LogP contribution < -0.4 is 4.74 Å². The van der Waals surface area contributed by atoms with Crippen LogP contribution in [0.3, 0.4) is 0 Å². The molecule has 126 valence electrons. The summed E-state index contributed by atoms with van der Waals surface area (Å²) in [6.45, 7) is 1.93. The van der Waals surface area contributed by atoms with Gasteiger partial charge in [-0.15, -0.1) is 5.10 Å². The second-order valence-electron chi connectivity index (χ2n) is 6.22. The van der Waals surface area contributed by atoms with Gasteiger partial charge in [0.2, 0.25) is 5.91 Å². The molecule has 1 atom stereocenters. The molecule has 4 rings (SSSR count). The summed E-state index contributed by atoms with van der Waals surface area (Å²) in [5.41, 5.74) is 0. The van der Waals surface area contributed by atoms with Gasteiger partial charge in [0.05, 0.1) is 24.0 Å². The number of nitrogens with zero attached hydrogens (tertiary/aromatic N) is 5. The fourth-order valence-corrected chi connectivity index (χ4v) is 3.41. The van der Waals surface area contributed by atoms with Gasteiger partial charge in [-0.2, -0.15) is 0 Å². The van der Waals surface area contributed by atoms with Crippen molar-refractivity contribution in [2.24, 2.45) is 0 Å². The second-order valence-corrected chi connectivity index (χ2v) is 6.63. The van der Waals surface area contributed by atoms with Crippen LogP contribution in [0.5, 0.6) is 5.75 Å². The predicted octanol–water partition coefficient (Wildman–Crippen LogP) is 1.88. The number of hydrogen-bond donors (Lipinski definition) is 0. The quantitative estimate of drug-likeness (QED) is 0.847. The molecular formula is C16H18ClN5O2. The van der Waals surface area contributed by atoms with Gasteiger partial charge in [0.15, 0.2) is 5.82 Å². The molecule has 0 spiro atoms. The fraction of sp³-hybridized carbons (Fsp3) is 0.500. The lowest BCUT2D eigenvalue weighted by molar-refractivity contribution is -0.142. The van der Waals surface area contributed by atoms with Crippen molar-refractivity contribution in [3.8, 4) is 5.75 Å². The van der Waals surface area contributed by atoms with Crippen LogP contribution in [-0.2, 0) is 11.3 Å². The molecule has 1 saturated heterocycles. The topological polar surface area (TPSA) is 73.1 Å². The van der Waals surface area contributed by atoms with E-state index in [1.807, 2.05) is 23.1 Å². The number of carbonyl (C=O) groups is 1. The van der Waals surface area contributed by atoms with Crippen molar-refractivity contribution in [2.75, 3.05) is 13.1 Å². The van der Waals surface area contributed by atoms with Crippen LogP contribution >= 0.6 is 11.6 Å². The number of likely N-dealkylation sites (tertiary alicyclic amines) is 1. The summed E-state index contributed by atoms with van der Waals surface area (Å²) in [6, 6.07) is 7.38. The van der Waals surface area contributed by atoms with Crippen LogP contribution in [0.2, 0.25) is 5.02 Å². The number of benzene rings is 1. The largest absolute Gasteiger partial charge is 0.485 e. The van der Waals surface area contributed by atoms with Crippen molar-refractivity contribution in [2.45, 2.75) is 37.8 Å². The Morgan fingerprint density at radius 3 is 2.92 bits per heavy atom. The standard InChI is InChI=1S/C16H18ClN5O2/c17-13-6-1-2-7-14(13)24-11-9-21(10-11)16(23)12-5-3-4-8-22-15(12)18-19-20-22/h1-2,6-7,11-12H,3-5,8-10H2. The van der Waals surface area contributed by atoms with Gasteiger partial charge < -0.3 is 9.64 Å². The number of para-hydroxylation sites is 1. The number of rotatable bonds is 3. The van der Waals surface area contributed by atoms with E-state index in [2.05, 4.69) is 15.5 Å². The number of aromatic nitrogens is 4. The van der Waals surface area contributed by atoms with Gasteiger partial charge in [-0.1, -0.05) is 30.2 Å². The van der Waals surface area contributed by atoms with Crippen molar-refractivity contribution in [3.63, 3.8) is 0 Å². The summed E-state index contributed by atoms with van der Waals surface area (Å²) in [6.07, 6.45) is 2.77. The van der Waals surface area contributed by atoms with E-state index in [1.54, 1.807) is 10.7 Å². The van der Waals surface area contributed by atoms with Gasteiger partial charge in [-0.25, -0.2) is 4.68 Å². The van der Waals surface area contributed by atoms with Gasteiger partial charge >= 0.3 is 0 Å². The van der Waals surface area contributed by atoms with E-state index in [0.29, 0.717) is 29.7 Å². The number of fused-ring (bicyclic) bond motifs is 1. The number of hydrogen-bond acceptors (Lipinski definition) is 5. The first-order chi connectivity index (χ1) is 11.7. The molecule has 8 heteroatoms. The first-order valence-corrected chi connectivity index (χ1v) is 8.56. The summed E-state index contributed by atoms with van der Waals surface area (Å²) in [4.78, 5) is 14.6. The zero-order valence-electron chi connectivity index (χ0n) is 13.1. The molecule has 1 aromatic carbocycles. The Bertz CT molecular complexity index is 744. The van der Waals surface area contributed by atoms with E-state index in [9.17, 15) is 4.79 Å². The van der Waals surface area contributed by atoms with Crippen molar-refractivity contribution in [1.82, 2.24) is 25.1 Å². The van der Waals surface area contributed by atoms with Gasteiger partial charge in [0, 0.05) is 6.54 Å². The molecule has 1 aromatic heterocycles. The highest BCUT2D eigenvalue weighted by Gasteiger charge is 2.38. The molecule has 0 aliphatic carbocycles. The molecule has 0 bridgehead atoms. The molecule has 1 unspecified atom stereocenters. The van der Waals surface area contributed by atoms with Crippen LogP contribution in [-0.4, -0.2) is 50.2 Å². The van der Waals surface area contributed by atoms with Gasteiger partial charge in [-0.3, -0.25) is 4.79 Å². The van der Waals surface area contributed by atoms with Crippen molar-refractivity contribution < 1.29 is 9.53 Å². The molecular weight excluding hydrogens is 330 g/mol. The number of halogens is 1. The Morgan fingerprint density at radius 1 is 1.25 bits per heavy atom. The molecule has 7 nitrogen and oxygen atoms in total. The highest BCUT2D eigenvalue weighted by molar-refractivity contribution is 6.32. The van der Waals surface area contributed by atoms with Crippen molar-refractivity contribution in [1.29, 1.82) is 0 Å². The molecule has 3 heterocycles. The lowest BCUT2D eigenvalue weighted by atomic mass is 9.98. The maximum atomic E-state index is 12.8. The Balaban J connectivity index is 1.39. The summed E-state index contributed by atoms with van der Waals surface area (Å²) < 4.78 is 7.61. The minimum atomic E-state index is -0.247. The number of tetrazole rings is 1. The minimum Gasteiger partial charge on any atom is -0.485 e. The maximum Gasteiger partial charge on any atom is 0.233 e. The Hall–Kier alpha value is -2.15. The Labute approximate surface area is 144 Å². The molecule has 2 aromatic rings. The number of ether oxygens (including phenoxy) is 1. The summed E-state index contributed by atoms with van der Waals surface area (Å²) in [5.74, 6) is 1.19. The summed E-state index contributed by atoms with van der Waals surface area (Å²) in [5, 5.41) is 12.3. The molecule has 2 aliphatic rings. The van der Waals surface area contributed by atoms with Crippen LogP contribution in [0.25, 0.3) is 0 Å². The van der Waals surface area contributed by atoms with Gasteiger partial charge in [-0.05, 0) is 35.4 Å². The third kappa shape index (κ3) is 2.84. The molecule has 0 N–H and O–H groups in total. The fourth-order valence-electron chi connectivity index (χ4n) is 3.23. The zero-order valence-corrected chi connectivity index (χ0v) is 13.9. The first kappa shape index (κ1) is 15.4. The number of carbonyl (C=O) groups excluding carboxylic acids is 1. The van der Waals surface area contributed by atoms with Gasteiger partial charge in [0.1, 0.15) is 11.9 Å². The molecule has 0 radical (unpaired) electrons. The average molecular weight is 348 g/mol. The maximum absolute atomic E-state index is 12.8. The van der Waals surface area contributed by atoms with Crippen LogP contribution in [0.1, 0.15) is 31.0 Å². The minimum absolute atomic E-state index is 0.0179. The lowest BCUT2D eigenvalue weighted by Crippen LogP contribution is -2.57. The third-order valence-corrected chi connectivity index (χ3v) is 4.88. The van der Waals surface area contributed by atoms with E-state index in [1.165, 1.54) is 0 Å². The van der Waals surface area contributed by atoms with E-state index < -0.39 is 0 Å². The number of aryl methyl sites for hydroxylation is 1. The molecule has 2 aliphatic heterocycles. The predicted molar refractivity (Wildman–Crippen MR) is 86.9 cm³/mol. The molecule has 0 saturated carbocycles. The molecule has 1 amide bonds. The third-order valence-electron chi connectivity index (χ3n) is 4.57. The van der Waals surface area contributed by atoms with E-state index in [0.717, 1.165) is 25.8 Å². The van der Waals surface area contributed by atoms with E-state index in [4.69, 9.17) is 16.3 Å². The Kier molecular flexibility index (Phi) is 4.10. The zero-order chi connectivity index (χ0) is 16.5. The lowest BCUT2D eigenvalue weighted by Gasteiger charge is -2.40. The Morgan fingerprint density at radius 2 is 2.08 bits per heavy atom.